The van der Waals surface area contributed by atoms with E-state index in [1.54, 1.807) is 42.1 Å². The number of aryl methyl sites for hydroxylation is 1. The van der Waals surface area contributed by atoms with Crippen molar-refractivity contribution in [3.05, 3.63) is 65.0 Å². The van der Waals surface area contributed by atoms with Gasteiger partial charge in [0.15, 0.2) is 11.5 Å². The Morgan fingerprint density at radius 3 is 2.37 bits per heavy atom. The summed E-state index contributed by atoms with van der Waals surface area (Å²) >= 11 is 0. The minimum atomic E-state index is -4.47. The highest BCUT2D eigenvalue weighted by molar-refractivity contribution is 6.06. The summed E-state index contributed by atoms with van der Waals surface area (Å²) < 4.78 is 43.0. The molecule has 0 spiro atoms. The number of hydrogen-bond acceptors (Lipinski definition) is 4. The molecule has 0 amide bonds. The van der Waals surface area contributed by atoms with Gasteiger partial charge in [0.25, 0.3) is 6.47 Å². The van der Waals surface area contributed by atoms with Gasteiger partial charge in [-0.1, -0.05) is 0 Å². The van der Waals surface area contributed by atoms with Crippen LogP contribution in [0.2, 0.25) is 0 Å². The summed E-state index contributed by atoms with van der Waals surface area (Å²) in [7, 11) is 1.73. The van der Waals surface area contributed by atoms with E-state index in [4.69, 9.17) is 9.90 Å². The van der Waals surface area contributed by atoms with Gasteiger partial charge in [0.1, 0.15) is 0 Å². The van der Waals surface area contributed by atoms with Gasteiger partial charge in [-0.15, -0.1) is 0 Å². The van der Waals surface area contributed by atoms with Crippen LogP contribution < -0.4 is 0 Å². The van der Waals surface area contributed by atoms with Crippen LogP contribution in [0, 0.1) is 0 Å². The minimum absolute atomic E-state index is 0.243. The zero-order valence-electron chi connectivity index (χ0n) is 16.1. The lowest BCUT2D eigenvalue weighted by molar-refractivity contribution is -0.142. The van der Waals surface area contributed by atoms with Gasteiger partial charge in [0.05, 0.1) is 5.69 Å². The van der Waals surface area contributed by atoms with Crippen molar-refractivity contribution in [2.24, 2.45) is 7.05 Å². The van der Waals surface area contributed by atoms with E-state index in [1.165, 1.54) is 10.9 Å². The molecule has 1 aliphatic rings. The molecule has 2 aromatic heterocycles. The number of fused-ring (bicyclic) bond motifs is 1. The number of carbonyl (C=O) groups excluding carboxylic acids is 1. The number of carboxylic acid groups (broad SMARTS) is 1. The number of hydrogen-bond donors (Lipinski definition) is 1. The first kappa shape index (κ1) is 21.3. The van der Waals surface area contributed by atoms with E-state index in [2.05, 4.69) is 10.1 Å². The van der Waals surface area contributed by atoms with Crippen molar-refractivity contribution in [3.63, 3.8) is 0 Å². The third kappa shape index (κ3) is 4.12. The predicted molar refractivity (Wildman–Crippen MR) is 101 cm³/mol. The molecule has 10 heteroatoms. The number of alkyl halides is 3. The van der Waals surface area contributed by atoms with E-state index in [0.29, 0.717) is 41.2 Å². The highest BCUT2D eigenvalue weighted by Crippen LogP contribution is 2.36. The summed E-state index contributed by atoms with van der Waals surface area (Å²) in [6, 6.07) is 6.43. The van der Waals surface area contributed by atoms with Crippen molar-refractivity contribution < 1.29 is 27.9 Å². The van der Waals surface area contributed by atoms with Gasteiger partial charge in [-0.25, -0.2) is 9.67 Å². The van der Waals surface area contributed by atoms with E-state index in [-0.39, 0.29) is 12.3 Å². The Kier molecular flexibility index (Phi) is 6.04. The summed E-state index contributed by atoms with van der Waals surface area (Å²) in [5, 5.41) is 10.8. The molecule has 0 atom stereocenters. The Labute approximate surface area is 169 Å². The smallest absolute Gasteiger partial charge is 0.435 e. The number of benzene rings is 1. The Bertz CT molecular complexity index is 1050. The Morgan fingerprint density at radius 1 is 1.17 bits per heavy atom. The zero-order chi connectivity index (χ0) is 21.9. The van der Waals surface area contributed by atoms with E-state index < -0.39 is 11.9 Å². The van der Waals surface area contributed by atoms with Crippen molar-refractivity contribution >= 4 is 12.3 Å². The van der Waals surface area contributed by atoms with Crippen LogP contribution in [0.5, 0.6) is 0 Å². The molecular weight excluding hydrogens is 401 g/mol. The third-order valence-electron chi connectivity index (χ3n) is 4.85. The second-order valence-corrected chi connectivity index (χ2v) is 6.73. The molecule has 30 heavy (non-hydrogen) atoms. The second kappa shape index (κ2) is 8.52. The third-order valence-corrected chi connectivity index (χ3v) is 4.85. The highest BCUT2D eigenvalue weighted by atomic mass is 19.4. The van der Waals surface area contributed by atoms with E-state index in [1.807, 2.05) is 0 Å². The van der Waals surface area contributed by atoms with E-state index in [0.717, 1.165) is 12.8 Å². The molecular formula is C20H19F3N4O3. The largest absolute Gasteiger partial charge is 0.483 e. The zero-order valence-corrected chi connectivity index (χ0v) is 16.1. The number of rotatable bonds is 3. The molecule has 0 unspecified atom stereocenters. The minimum Gasteiger partial charge on any atom is -0.483 e. The van der Waals surface area contributed by atoms with E-state index >= 15 is 0 Å². The van der Waals surface area contributed by atoms with Gasteiger partial charge in [-0.3, -0.25) is 9.59 Å². The lowest BCUT2D eigenvalue weighted by Gasteiger charge is -2.14. The van der Waals surface area contributed by atoms with Crippen LogP contribution in [0.3, 0.4) is 0 Å². The Morgan fingerprint density at radius 2 is 1.80 bits per heavy atom. The summed E-state index contributed by atoms with van der Waals surface area (Å²) in [5.41, 5.74) is 1.04. The molecule has 1 aromatic carbocycles. The molecule has 158 valence electrons. The van der Waals surface area contributed by atoms with Crippen molar-refractivity contribution in [1.82, 2.24) is 19.3 Å². The van der Waals surface area contributed by atoms with Gasteiger partial charge in [0.2, 0.25) is 5.78 Å². The summed E-state index contributed by atoms with van der Waals surface area (Å²) in [5.74, 6) is 0.0612. The number of nitrogens with zero attached hydrogens (tertiary/aromatic N) is 4. The fourth-order valence-corrected chi connectivity index (χ4v) is 3.51. The first-order valence-electron chi connectivity index (χ1n) is 9.16. The van der Waals surface area contributed by atoms with Crippen molar-refractivity contribution in [2.75, 3.05) is 0 Å². The van der Waals surface area contributed by atoms with Gasteiger partial charge < -0.3 is 9.67 Å². The molecule has 4 rings (SSSR count). The van der Waals surface area contributed by atoms with Gasteiger partial charge >= 0.3 is 6.18 Å². The van der Waals surface area contributed by atoms with Crippen LogP contribution >= 0.6 is 0 Å². The summed E-state index contributed by atoms with van der Waals surface area (Å²) in [4.78, 5) is 24.9. The number of imidazole rings is 1. The second-order valence-electron chi connectivity index (χ2n) is 6.73. The highest BCUT2D eigenvalue weighted by Gasteiger charge is 2.39. The number of aromatic nitrogens is 4. The molecule has 0 fully saturated rings. The predicted octanol–water partition coefficient (Wildman–Crippen LogP) is 3.44. The Hall–Kier alpha value is -3.43. The monoisotopic (exact) mass is 420 g/mol. The average molecular weight is 420 g/mol. The molecule has 1 aliphatic carbocycles. The van der Waals surface area contributed by atoms with Crippen molar-refractivity contribution in [1.29, 1.82) is 0 Å². The molecule has 0 bridgehead atoms. The SMILES string of the molecule is Cn1ccnc1C(=O)c1ccc(-n2nc(C(F)(F)F)c3c2CCCC3)cc1.O=CO. The van der Waals surface area contributed by atoms with Gasteiger partial charge in [-0.2, -0.15) is 18.3 Å². The van der Waals surface area contributed by atoms with Crippen LogP contribution in [0.4, 0.5) is 13.2 Å². The summed E-state index contributed by atoms with van der Waals surface area (Å²) in [6.45, 7) is -0.250. The van der Waals surface area contributed by atoms with Crippen molar-refractivity contribution in [3.8, 4) is 5.69 Å². The van der Waals surface area contributed by atoms with Gasteiger partial charge in [-0.05, 0) is 49.9 Å². The normalized spacial score (nSPS) is 13.2. The molecule has 7 nitrogen and oxygen atoms in total. The topological polar surface area (TPSA) is 90.0 Å². The maximum Gasteiger partial charge on any atom is 0.435 e. The molecule has 3 aromatic rings. The Balaban J connectivity index is 0.000000806. The number of ketones is 1. The quantitative estimate of drug-likeness (QED) is 0.518. The van der Waals surface area contributed by atoms with Crippen LogP contribution in [0.25, 0.3) is 5.69 Å². The molecule has 0 radical (unpaired) electrons. The average Bonchev–Trinajstić information content (AvgIpc) is 3.32. The lowest BCUT2D eigenvalue weighted by Crippen LogP contribution is -2.11. The standard InChI is InChI=1S/C19H17F3N4O.CH2O2/c1-25-11-10-23-18(25)16(27)12-6-8-13(9-7-12)26-15-5-3-2-4-14(15)17(24-26)19(20,21)22;2-1-3/h6-11H,2-5H2,1H3;1H,(H,2,3). The molecule has 2 heterocycles. The fourth-order valence-electron chi connectivity index (χ4n) is 3.51. The number of halogens is 3. The maximum absolute atomic E-state index is 13.3. The van der Waals surface area contributed by atoms with Crippen molar-refractivity contribution in [2.45, 2.75) is 31.9 Å². The molecule has 0 aliphatic heterocycles. The van der Waals surface area contributed by atoms with Crippen LogP contribution in [-0.4, -0.2) is 36.7 Å². The first-order valence-corrected chi connectivity index (χ1v) is 9.16. The van der Waals surface area contributed by atoms with Gasteiger partial charge in [0, 0.05) is 36.3 Å². The molecule has 0 saturated carbocycles. The maximum atomic E-state index is 13.3. The molecule has 0 saturated heterocycles. The lowest BCUT2D eigenvalue weighted by atomic mass is 9.95. The van der Waals surface area contributed by atoms with E-state index in [9.17, 15) is 18.0 Å². The fraction of sp³-hybridized carbons (Fsp3) is 0.300. The van der Waals surface area contributed by atoms with Crippen LogP contribution in [-0.2, 0) is 30.9 Å². The first-order chi connectivity index (χ1) is 14.3. The van der Waals surface area contributed by atoms with Crippen LogP contribution in [0.15, 0.2) is 36.7 Å². The summed E-state index contributed by atoms with van der Waals surface area (Å²) in [6.07, 6.45) is 1.27. The molecule has 1 N–H and O–H groups in total. The van der Waals surface area contributed by atoms with Crippen LogP contribution in [0.1, 0.15) is 46.0 Å². The number of carbonyl (C=O) groups is 2.